The number of anilines is 1. The molecule has 0 unspecified atom stereocenters. The summed E-state index contributed by atoms with van der Waals surface area (Å²) in [5, 5.41) is 9.39. The fourth-order valence-electron chi connectivity index (χ4n) is 3.30. The Kier molecular flexibility index (Phi) is 5.98. The standard InChI is InChI=1S/C19H22F2N4O2/c20-16-3-1-13(9-17(16)21)11-24-6-7-25(12-15(24)5-8-26)19(27)14-2-4-18(22)23-10-14/h1-4,9-10,15,26H,5-8,11-12H2,(H2,22,23)/t15-/m0/s1. The second kappa shape index (κ2) is 8.41. The molecule has 0 aliphatic carbocycles. The average Bonchev–Trinajstić information content (AvgIpc) is 2.66. The molecule has 1 amide bonds. The molecule has 0 spiro atoms. The summed E-state index contributed by atoms with van der Waals surface area (Å²) in [7, 11) is 0. The molecule has 3 N–H and O–H groups in total. The molecular formula is C19H22F2N4O2. The van der Waals surface area contributed by atoms with Crippen LogP contribution in [0.15, 0.2) is 36.5 Å². The first-order valence-corrected chi connectivity index (χ1v) is 8.77. The van der Waals surface area contributed by atoms with Crippen LogP contribution < -0.4 is 5.73 Å². The van der Waals surface area contributed by atoms with Crippen molar-refractivity contribution in [2.75, 3.05) is 32.0 Å². The Bertz CT molecular complexity index is 801. The minimum atomic E-state index is -0.879. The van der Waals surface area contributed by atoms with Gasteiger partial charge in [0.2, 0.25) is 0 Å². The highest BCUT2D eigenvalue weighted by Gasteiger charge is 2.30. The molecule has 8 heteroatoms. The lowest BCUT2D eigenvalue weighted by molar-refractivity contribution is 0.0394. The van der Waals surface area contributed by atoms with Crippen molar-refractivity contribution in [3.8, 4) is 0 Å². The Morgan fingerprint density at radius 3 is 2.70 bits per heavy atom. The van der Waals surface area contributed by atoms with Gasteiger partial charge < -0.3 is 15.7 Å². The van der Waals surface area contributed by atoms with Gasteiger partial charge in [0.1, 0.15) is 5.82 Å². The first kappa shape index (κ1) is 19.2. The maximum Gasteiger partial charge on any atom is 0.255 e. The molecule has 1 aromatic heterocycles. The maximum absolute atomic E-state index is 13.5. The number of hydrogen-bond acceptors (Lipinski definition) is 5. The van der Waals surface area contributed by atoms with Gasteiger partial charge in [0, 0.05) is 45.0 Å². The highest BCUT2D eigenvalue weighted by molar-refractivity contribution is 5.94. The molecule has 1 saturated heterocycles. The number of aromatic nitrogens is 1. The van der Waals surface area contributed by atoms with Crippen molar-refractivity contribution in [1.29, 1.82) is 0 Å². The number of nitrogens with two attached hydrogens (primary N) is 1. The first-order valence-electron chi connectivity index (χ1n) is 8.77. The van der Waals surface area contributed by atoms with Gasteiger partial charge in [0.25, 0.3) is 5.91 Å². The van der Waals surface area contributed by atoms with Gasteiger partial charge in [0.15, 0.2) is 11.6 Å². The van der Waals surface area contributed by atoms with Gasteiger partial charge in [-0.25, -0.2) is 13.8 Å². The van der Waals surface area contributed by atoms with Crippen LogP contribution in [0.2, 0.25) is 0 Å². The summed E-state index contributed by atoms with van der Waals surface area (Å²) in [5.41, 5.74) is 6.67. The minimum Gasteiger partial charge on any atom is -0.396 e. The SMILES string of the molecule is Nc1ccc(C(=O)N2CCN(Cc3ccc(F)c(F)c3)[C@@H](CCO)C2)cn1. The number of carbonyl (C=O) groups excluding carboxylic acids is 1. The highest BCUT2D eigenvalue weighted by Crippen LogP contribution is 2.19. The van der Waals surface area contributed by atoms with Crippen molar-refractivity contribution in [3.63, 3.8) is 0 Å². The Morgan fingerprint density at radius 2 is 2.04 bits per heavy atom. The zero-order valence-corrected chi connectivity index (χ0v) is 14.8. The summed E-state index contributed by atoms with van der Waals surface area (Å²) in [5.74, 6) is -1.55. The van der Waals surface area contributed by atoms with E-state index in [1.54, 1.807) is 23.1 Å². The molecule has 144 valence electrons. The maximum atomic E-state index is 13.5. The zero-order valence-electron chi connectivity index (χ0n) is 14.8. The van der Waals surface area contributed by atoms with Crippen LogP contribution in [0, 0.1) is 11.6 Å². The number of nitrogens with zero attached hydrogens (tertiary/aromatic N) is 3. The molecule has 2 heterocycles. The van der Waals surface area contributed by atoms with Crippen molar-refractivity contribution >= 4 is 11.7 Å². The smallest absolute Gasteiger partial charge is 0.255 e. The molecule has 3 rings (SSSR count). The summed E-state index contributed by atoms with van der Waals surface area (Å²) >= 11 is 0. The number of carbonyl (C=O) groups is 1. The summed E-state index contributed by atoms with van der Waals surface area (Å²) in [6.45, 7) is 1.90. The third-order valence-corrected chi connectivity index (χ3v) is 4.76. The lowest BCUT2D eigenvalue weighted by Gasteiger charge is -2.41. The van der Waals surface area contributed by atoms with Crippen molar-refractivity contribution < 1.29 is 18.7 Å². The molecule has 1 aliphatic heterocycles. The van der Waals surface area contributed by atoms with Crippen molar-refractivity contribution in [3.05, 3.63) is 59.3 Å². The number of aliphatic hydroxyl groups excluding tert-OH is 1. The Morgan fingerprint density at radius 1 is 1.22 bits per heavy atom. The van der Waals surface area contributed by atoms with Gasteiger partial charge in [-0.2, -0.15) is 0 Å². The number of benzene rings is 1. The fourth-order valence-corrected chi connectivity index (χ4v) is 3.30. The van der Waals surface area contributed by atoms with Gasteiger partial charge in [0.05, 0.1) is 5.56 Å². The molecule has 0 saturated carbocycles. The lowest BCUT2D eigenvalue weighted by Crippen LogP contribution is -2.54. The van der Waals surface area contributed by atoms with Crippen LogP contribution in [0.3, 0.4) is 0 Å². The third kappa shape index (κ3) is 4.58. The predicted molar refractivity (Wildman–Crippen MR) is 96.8 cm³/mol. The number of halogens is 2. The summed E-state index contributed by atoms with van der Waals surface area (Å²) in [6, 6.07) is 6.98. The number of amides is 1. The lowest BCUT2D eigenvalue weighted by atomic mass is 10.1. The summed E-state index contributed by atoms with van der Waals surface area (Å²) < 4.78 is 26.6. The van der Waals surface area contributed by atoms with Gasteiger partial charge in [-0.3, -0.25) is 9.69 Å². The van der Waals surface area contributed by atoms with E-state index in [0.717, 1.165) is 6.07 Å². The monoisotopic (exact) mass is 376 g/mol. The second-order valence-electron chi connectivity index (χ2n) is 6.61. The molecule has 27 heavy (non-hydrogen) atoms. The predicted octanol–water partition coefficient (Wildman–Crippen LogP) is 1.65. The molecule has 1 fully saturated rings. The largest absolute Gasteiger partial charge is 0.396 e. The van der Waals surface area contributed by atoms with Gasteiger partial charge in [-0.15, -0.1) is 0 Å². The molecule has 6 nitrogen and oxygen atoms in total. The number of nitrogen functional groups attached to an aromatic ring is 1. The van der Waals surface area contributed by atoms with Crippen LogP contribution in [0.5, 0.6) is 0 Å². The molecule has 0 bridgehead atoms. The quantitative estimate of drug-likeness (QED) is 0.829. The van der Waals surface area contributed by atoms with Crippen LogP contribution in [0.4, 0.5) is 14.6 Å². The Balaban J connectivity index is 1.69. The number of piperazine rings is 1. The summed E-state index contributed by atoms with van der Waals surface area (Å²) in [6.07, 6.45) is 1.93. The van der Waals surface area contributed by atoms with Crippen LogP contribution in [0.25, 0.3) is 0 Å². The molecule has 1 atom stereocenters. The summed E-state index contributed by atoms with van der Waals surface area (Å²) in [4.78, 5) is 20.4. The minimum absolute atomic E-state index is 0.0234. The van der Waals surface area contributed by atoms with E-state index in [4.69, 9.17) is 5.73 Å². The first-order chi connectivity index (χ1) is 13.0. The zero-order chi connectivity index (χ0) is 19.4. The normalized spacial score (nSPS) is 17.9. The van der Waals surface area contributed by atoms with Gasteiger partial charge in [-0.05, 0) is 36.2 Å². The van der Waals surface area contributed by atoms with E-state index >= 15 is 0 Å². The van der Waals surface area contributed by atoms with E-state index < -0.39 is 11.6 Å². The number of rotatable bonds is 5. The van der Waals surface area contributed by atoms with E-state index in [1.807, 2.05) is 0 Å². The number of pyridine rings is 1. The average molecular weight is 376 g/mol. The van der Waals surface area contributed by atoms with Crippen LogP contribution in [-0.2, 0) is 6.54 Å². The molecule has 2 aromatic rings. The van der Waals surface area contributed by atoms with E-state index in [9.17, 15) is 18.7 Å². The Hall–Kier alpha value is -2.58. The van der Waals surface area contributed by atoms with Crippen molar-refractivity contribution in [2.24, 2.45) is 0 Å². The molecule has 1 aliphatic rings. The van der Waals surface area contributed by atoms with Crippen molar-refractivity contribution in [2.45, 2.75) is 19.0 Å². The topological polar surface area (TPSA) is 82.7 Å². The second-order valence-corrected chi connectivity index (χ2v) is 6.61. The van der Waals surface area contributed by atoms with Crippen molar-refractivity contribution in [1.82, 2.24) is 14.8 Å². The van der Waals surface area contributed by atoms with Crippen LogP contribution >= 0.6 is 0 Å². The molecular weight excluding hydrogens is 354 g/mol. The van der Waals surface area contributed by atoms with Gasteiger partial charge >= 0.3 is 0 Å². The van der Waals surface area contributed by atoms with E-state index in [-0.39, 0.29) is 18.6 Å². The molecule has 0 radical (unpaired) electrons. The highest BCUT2D eigenvalue weighted by atomic mass is 19.2. The molecule has 1 aromatic carbocycles. The van der Waals surface area contributed by atoms with E-state index in [2.05, 4.69) is 9.88 Å². The van der Waals surface area contributed by atoms with Gasteiger partial charge in [-0.1, -0.05) is 6.07 Å². The number of hydrogen-bond donors (Lipinski definition) is 2. The Labute approximate surface area is 156 Å². The number of aliphatic hydroxyl groups is 1. The van der Waals surface area contributed by atoms with Crippen LogP contribution in [-0.4, -0.2) is 58.1 Å². The third-order valence-electron chi connectivity index (χ3n) is 4.76. The van der Waals surface area contributed by atoms with E-state index in [1.165, 1.54) is 12.3 Å². The van der Waals surface area contributed by atoms with Crippen LogP contribution in [0.1, 0.15) is 22.3 Å². The van der Waals surface area contributed by atoms with E-state index in [0.29, 0.717) is 49.5 Å². The fraction of sp³-hybridized carbons (Fsp3) is 0.368.